The SMILES string of the molecule is Nc1nccc(COc2ccc3nc(N[C@H]4CCCC[C@@H]4O)sc3c2)c1OC(F)(F)F. The number of hydrogen-bond acceptors (Lipinski definition) is 8. The number of alkyl halides is 3. The zero-order chi connectivity index (χ0) is 22.0. The standard InChI is InChI=1S/C20H21F3N4O3S/c21-20(22,23)30-17-11(7-8-25-18(17)24)10-29-12-5-6-14-16(9-12)31-19(27-14)26-13-3-1-2-4-15(13)28/h5-9,13,15,28H,1-4,10H2,(H2,24,25)(H,26,27)/t13-,15-/m0/s1. The molecule has 1 aromatic carbocycles. The van der Waals surface area contributed by atoms with Gasteiger partial charge in [-0.15, -0.1) is 13.2 Å². The molecule has 1 aliphatic rings. The van der Waals surface area contributed by atoms with Crippen molar-refractivity contribution in [1.82, 2.24) is 9.97 Å². The van der Waals surface area contributed by atoms with E-state index in [1.165, 1.54) is 23.6 Å². The molecule has 31 heavy (non-hydrogen) atoms. The molecule has 1 fully saturated rings. The molecular formula is C20H21F3N4O3S. The van der Waals surface area contributed by atoms with E-state index < -0.39 is 12.1 Å². The summed E-state index contributed by atoms with van der Waals surface area (Å²) in [6.45, 7) is -0.179. The number of nitrogen functional groups attached to an aromatic ring is 1. The second kappa shape index (κ2) is 8.75. The van der Waals surface area contributed by atoms with Crippen molar-refractivity contribution >= 4 is 32.5 Å². The molecule has 0 spiro atoms. The van der Waals surface area contributed by atoms with Crippen LogP contribution < -0.4 is 20.5 Å². The molecule has 0 amide bonds. The summed E-state index contributed by atoms with van der Waals surface area (Å²) in [5.41, 5.74) is 6.43. The number of nitrogens with two attached hydrogens (primary N) is 1. The first kappa shape index (κ1) is 21.4. The molecule has 2 atom stereocenters. The van der Waals surface area contributed by atoms with E-state index >= 15 is 0 Å². The van der Waals surface area contributed by atoms with Gasteiger partial charge in [-0.1, -0.05) is 24.2 Å². The Labute approximate surface area is 180 Å². The van der Waals surface area contributed by atoms with Crippen molar-refractivity contribution in [3.05, 3.63) is 36.0 Å². The predicted molar refractivity (Wildman–Crippen MR) is 111 cm³/mol. The molecule has 2 aromatic heterocycles. The second-order valence-electron chi connectivity index (χ2n) is 7.27. The third-order valence-corrected chi connectivity index (χ3v) is 5.97. The molecule has 0 bridgehead atoms. The molecule has 4 rings (SSSR count). The molecule has 0 saturated heterocycles. The molecule has 166 valence electrons. The highest BCUT2D eigenvalue weighted by Gasteiger charge is 2.33. The van der Waals surface area contributed by atoms with Crippen LogP contribution in [0.4, 0.5) is 24.1 Å². The number of hydrogen-bond donors (Lipinski definition) is 3. The first-order valence-electron chi connectivity index (χ1n) is 9.75. The van der Waals surface area contributed by atoms with Crippen LogP contribution in [0.1, 0.15) is 31.2 Å². The van der Waals surface area contributed by atoms with Crippen molar-refractivity contribution in [3.63, 3.8) is 0 Å². The average molecular weight is 454 g/mol. The third kappa shape index (κ3) is 5.28. The number of thiazole rings is 1. The summed E-state index contributed by atoms with van der Waals surface area (Å²) in [5.74, 6) is -0.461. The van der Waals surface area contributed by atoms with Gasteiger partial charge in [-0.3, -0.25) is 0 Å². The van der Waals surface area contributed by atoms with Gasteiger partial charge in [-0.05, 0) is 37.1 Å². The number of aliphatic hydroxyl groups is 1. The van der Waals surface area contributed by atoms with Gasteiger partial charge in [0.05, 0.1) is 22.4 Å². The maximum absolute atomic E-state index is 12.7. The third-order valence-electron chi connectivity index (χ3n) is 5.02. The topological polar surface area (TPSA) is 103 Å². The average Bonchev–Trinajstić information content (AvgIpc) is 3.11. The van der Waals surface area contributed by atoms with Crippen molar-refractivity contribution < 1.29 is 27.8 Å². The number of nitrogens with zero attached hydrogens (tertiary/aromatic N) is 2. The van der Waals surface area contributed by atoms with Crippen LogP contribution in [0.3, 0.4) is 0 Å². The number of nitrogens with one attached hydrogen (secondary N) is 1. The van der Waals surface area contributed by atoms with Crippen molar-refractivity contribution in [2.75, 3.05) is 11.1 Å². The second-order valence-corrected chi connectivity index (χ2v) is 8.30. The number of anilines is 2. The lowest BCUT2D eigenvalue weighted by Crippen LogP contribution is -2.36. The van der Waals surface area contributed by atoms with Gasteiger partial charge < -0.3 is 25.6 Å². The van der Waals surface area contributed by atoms with Crippen LogP contribution >= 0.6 is 11.3 Å². The van der Waals surface area contributed by atoms with E-state index in [-0.39, 0.29) is 30.1 Å². The molecule has 7 nitrogen and oxygen atoms in total. The van der Waals surface area contributed by atoms with E-state index in [1.54, 1.807) is 18.2 Å². The highest BCUT2D eigenvalue weighted by atomic mass is 32.1. The molecule has 0 unspecified atom stereocenters. The zero-order valence-electron chi connectivity index (χ0n) is 16.4. The summed E-state index contributed by atoms with van der Waals surface area (Å²) < 4.78 is 48.5. The number of fused-ring (bicyclic) bond motifs is 1. The Bertz CT molecular complexity index is 1060. The van der Waals surface area contributed by atoms with Gasteiger partial charge in [0, 0.05) is 11.8 Å². The Morgan fingerprint density at radius 3 is 2.81 bits per heavy atom. The quantitative estimate of drug-likeness (QED) is 0.505. The van der Waals surface area contributed by atoms with Crippen molar-refractivity contribution in [2.45, 2.75) is 50.8 Å². The highest BCUT2D eigenvalue weighted by molar-refractivity contribution is 7.22. The molecule has 2 heterocycles. The fourth-order valence-corrected chi connectivity index (χ4v) is 4.47. The molecule has 4 N–H and O–H groups in total. The van der Waals surface area contributed by atoms with Crippen molar-refractivity contribution in [1.29, 1.82) is 0 Å². The van der Waals surface area contributed by atoms with E-state index in [0.717, 1.165) is 35.9 Å². The maximum atomic E-state index is 12.7. The van der Waals surface area contributed by atoms with Crippen LogP contribution in [0.25, 0.3) is 10.2 Å². The fraction of sp³-hybridized carbons (Fsp3) is 0.400. The fourth-order valence-electron chi connectivity index (χ4n) is 3.51. The minimum absolute atomic E-state index is 0.0192. The first-order chi connectivity index (χ1) is 14.8. The summed E-state index contributed by atoms with van der Waals surface area (Å²) in [4.78, 5) is 8.18. The molecule has 0 aliphatic heterocycles. The summed E-state index contributed by atoms with van der Waals surface area (Å²) >= 11 is 1.43. The summed E-state index contributed by atoms with van der Waals surface area (Å²) in [6, 6.07) is 6.58. The number of rotatable bonds is 6. The minimum Gasteiger partial charge on any atom is -0.489 e. The first-order valence-corrected chi connectivity index (χ1v) is 10.6. The normalized spacial score (nSPS) is 19.4. The van der Waals surface area contributed by atoms with Crippen LogP contribution in [-0.4, -0.2) is 33.6 Å². The lowest BCUT2D eigenvalue weighted by molar-refractivity contribution is -0.274. The van der Waals surface area contributed by atoms with Crippen LogP contribution in [0.15, 0.2) is 30.5 Å². The number of pyridine rings is 1. The van der Waals surface area contributed by atoms with Gasteiger partial charge in [0.25, 0.3) is 0 Å². The van der Waals surface area contributed by atoms with E-state index in [1.807, 2.05) is 0 Å². The van der Waals surface area contributed by atoms with Gasteiger partial charge in [0.2, 0.25) is 0 Å². The Morgan fingerprint density at radius 2 is 2.03 bits per heavy atom. The number of ether oxygens (including phenoxy) is 2. The van der Waals surface area contributed by atoms with E-state index in [2.05, 4.69) is 20.0 Å². The minimum atomic E-state index is -4.89. The molecule has 1 saturated carbocycles. The molecule has 11 heteroatoms. The highest BCUT2D eigenvalue weighted by Crippen LogP contribution is 2.34. The number of aliphatic hydroxyl groups excluding tert-OH is 1. The summed E-state index contributed by atoms with van der Waals surface area (Å²) in [7, 11) is 0. The van der Waals surface area contributed by atoms with E-state index in [9.17, 15) is 18.3 Å². The lowest BCUT2D eigenvalue weighted by atomic mass is 9.93. The predicted octanol–water partition coefficient (Wildman–Crippen LogP) is 4.47. The molecule has 0 radical (unpaired) electrons. The molecule has 3 aromatic rings. The van der Waals surface area contributed by atoms with Gasteiger partial charge in [0.1, 0.15) is 12.4 Å². The van der Waals surface area contributed by atoms with Gasteiger partial charge in [0.15, 0.2) is 16.7 Å². The smallest absolute Gasteiger partial charge is 0.489 e. The van der Waals surface area contributed by atoms with Crippen LogP contribution in [-0.2, 0) is 6.61 Å². The van der Waals surface area contributed by atoms with Gasteiger partial charge >= 0.3 is 6.36 Å². The largest absolute Gasteiger partial charge is 0.573 e. The van der Waals surface area contributed by atoms with Crippen LogP contribution in [0.5, 0.6) is 11.5 Å². The maximum Gasteiger partial charge on any atom is 0.573 e. The Balaban J connectivity index is 1.47. The van der Waals surface area contributed by atoms with E-state index in [4.69, 9.17) is 10.5 Å². The van der Waals surface area contributed by atoms with Gasteiger partial charge in [-0.2, -0.15) is 0 Å². The summed E-state index contributed by atoms with van der Waals surface area (Å²) in [5, 5.41) is 14.2. The van der Waals surface area contributed by atoms with E-state index in [0.29, 0.717) is 10.9 Å². The Hall–Kier alpha value is -2.79. The molecule has 1 aliphatic carbocycles. The van der Waals surface area contributed by atoms with Crippen LogP contribution in [0.2, 0.25) is 0 Å². The Kier molecular flexibility index (Phi) is 6.05. The van der Waals surface area contributed by atoms with Crippen molar-refractivity contribution in [2.24, 2.45) is 0 Å². The van der Waals surface area contributed by atoms with Crippen molar-refractivity contribution in [3.8, 4) is 11.5 Å². The number of aromatic nitrogens is 2. The zero-order valence-corrected chi connectivity index (χ0v) is 17.2. The van der Waals surface area contributed by atoms with Gasteiger partial charge in [-0.25, -0.2) is 9.97 Å². The molecular weight excluding hydrogens is 433 g/mol. The number of halogens is 3. The summed E-state index contributed by atoms with van der Waals surface area (Å²) in [6.07, 6.45) is -0.219. The number of benzene rings is 1. The van der Waals surface area contributed by atoms with Crippen LogP contribution in [0, 0.1) is 0 Å². The lowest BCUT2D eigenvalue weighted by Gasteiger charge is -2.27. The monoisotopic (exact) mass is 454 g/mol. The Morgan fingerprint density at radius 1 is 1.23 bits per heavy atom.